The number of halogens is 1. The summed E-state index contributed by atoms with van der Waals surface area (Å²) >= 11 is 0. The highest BCUT2D eigenvalue weighted by Gasteiger charge is 2.35. The number of hydrogen-bond acceptors (Lipinski definition) is 2. The molecule has 2 rings (SSSR count). The quantitative estimate of drug-likeness (QED) is 0.810. The van der Waals surface area contributed by atoms with Crippen molar-refractivity contribution in [2.75, 3.05) is 13.7 Å². The maximum absolute atomic E-state index is 14.4. The summed E-state index contributed by atoms with van der Waals surface area (Å²) in [5, 5.41) is 0. The highest BCUT2D eigenvalue weighted by molar-refractivity contribution is 5.41. The van der Waals surface area contributed by atoms with Crippen molar-refractivity contribution >= 4 is 0 Å². The zero-order chi connectivity index (χ0) is 10.9. The molecule has 0 amide bonds. The molecule has 0 radical (unpaired) electrons. The number of hydrogen-bond donors (Lipinski definition) is 1. The highest BCUT2D eigenvalue weighted by atomic mass is 19.1. The van der Waals surface area contributed by atoms with E-state index in [1.165, 1.54) is 0 Å². The molecule has 3 heteroatoms. The standard InChI is InChI=1S/C12H16FNO/c1-15-10-5-4-9-3-2-6-12(13,8-14)11(9)7-10/h4-5,7H,2-3,6,8,14H2,1H3. The van der Waals surface area contributed by atoms with Crippen molar-refractivity contribution in [3.63, 3.8) is 0 Å². The summed E-state index contributed by atoms with van der Waals surface area (Å²) in [4.78, 5) is 0. The molecule has 1 aliphatic carbocycles. The van der Waals surface area contributed by atoms with Crippen LogP contribution >= 0.6 is 0 Å². The van der Waals surface area contributed by atoms with E-state index in [4.69, 9.17) is 10.5 Å². The lowest BCUT2D eigenvalue weighted by Crippen LogP contribution is -2.34. The van der Waals surface area contributed by atoms with Gasteiger partial charge in [0.25, 0.3) is 0 Å². The van der Waals surface area contributed by atoms with Gasteiger partial charge in [-0.3, -0.25) is 0 Å². The van der Waals surface area contributed by atoms with Gasteiger partial charge in [0.05, 0.1) is 7.11 Å². The third kappa shape index (κ3) is 1.72. The van der Waals surface area contributed by atoms with Crippen LogP contribution in [0, 0.1) is 0 Å². The van der Waals surface area contributed by atoms with Crippen LogP contribution in [0.1, 0.15) is 24.0 Å². The van der Waals surface area contributed by atoms with E-state index in [2.05, 4.69) is 0 Å². The number of fused-ring (bicyclic) bond motifs is 1. The first-order chi connectivity index (χ1) is 7.19. The third-order valence-electron chi connectivity index (χ3n) is 3.14. The van der Waals surface area contributed by atoms with Crippen LogP contribution in [0.2, 0.25) is 0 Å². The molecule has 0 spiro atoms. The third-order valence-corrected chi connectivity index (χ3v) is 3.14. The van der Waals surface area contributed by atoms with Gasteiger partial charge in [0.1, 0.15) is 11.4 Å². The van der Waals surface area contributed by atoms with Crippen LogP contribution in [-0.4, -0.2) is 13.7 Å². The van der Waals surface area contributed by atoms with Crippen LogP contribution in [0.15, 0.2) is 18.2 Å². The highest BCUT2D eigenvalue weighted by Crippen LogP contribution is 2.39. The molecule has 0 saturated carbocycles. The lowest BCUT2D eigenvalue weighted by atomic mass is 9.80. The van der Waals surface area contributed by atoms with E-state index in [0.29, 0.717) is 12.2 Å². The molecule has 0 aliphatic heterocycles. The summed E-state index contributed by atoms with van der Waals surface area (Å²) in [7, 11) is 1.59. The molecule has 2 N–H and O–H groups in total. The lowest BCUT2D eigenvalue weighted by molar-refractivity contribution is 0.146. The van der Waals surface area contributed by atoms with Gasteiger partial charge in [0, 0.05) is 6.54 Å². The first kappa shape index (κ1) is 10.4. The summed E-state index contributed by atoms with van der Waals surface area (Å²) in [5.74, 6) is 0.700. The first-order valence-electron chi connectivity index (χ1n) is 5.26. The Hall–Kier alpha value is -1.09. The summed E-state index contributed by atoms with van der Waals surface area (Å²) in [5.41, 5.74) is 5.95. The fraction of sp³-hybridized carbons (Fsp3) is 0.500. The minimum atomic E-state index is -1.36. The van der Waals surface area contributed by atoms with E-state index >= 15 is 0 Å². The summed E-state index contributed by atoms with van der Waals surface area (Å²) in [6.07, 6.45) is 2.32. The first-order valence-corrected chi connectivity index (χ1v) is 5.26. The molecule has 1 aliphatic rings. The van der Waals surface area contributed by atoms with Crippen molar-refractivity contribution in [3.8, 4) is 5.75 Å². The van der Waals surface area contributed by atoms with Gasteiger partial charge < -0.3 is 10.5 Å². The van der Waals surface area contributed by atoms with E-state index in [0.717, 1.165) is 24.0 Å². The zero-order valence-electron chi connectivity index (χ0n) is 8.92. The Morgan fingerprint density at radius 3 is 3.00 bits per heavy atom. The Balaban J connectivity index is 2.48. The average molecular weight is 209 g/mol. The van der Waals surface area contributed by atoms with Gasteiger partial charge in [0.15, 0.2) is 0 Å². The van der Waals surface area contributed by atoms with Crippen LogP contribution in [0.5, 0.6) is 5.75 Å². The van der Waals surface area contributed by atoms with Gasteiger partial charge >= 0.3 is 0 Å². The zero-order valence-corrected chi connectivity index (χ0v) is 8.92. The summed E-state index contributed by atoms with van der Waals surface area (Å²) in [6.45, 7) is 0.0488. The number of methoxy groups -OCH3 is 1. The molecule has 0 fully saturated rings. The van der Waals surface area contributed by atoms with Crippen molar-refractivity contribution in [2.24, 2.45) is 5.73 Å². The molecule has 0 aromatic heterocycles. The Labute approximate surface area is 89.2 Å². The molecular formula is C12H16FNO. The summed E-state index contributed by atoms with van der Waals surface area (Å²) < 4.78 is 19.5. The van der Waals surface area contributed by atoms with Gasteiger partial charge in [-0.05, 0) is 42.5 Å². The van der Waals surface area contributed by atoms with E-state index in [1.54, 1.807) is 13.2 Å². The van der Waals surface area contributed by atoms with Crippen molar-refractivity contribution < 1.29 is 9.13 Å². The van der Waals surface area contributed by atoms with E-state index in [1.807, 2.05) is 12.1 Å². The minimum Gasteiger partial charge on any atom is -0.497 e. The fourth-order valence-corrected chi connectivity index (χ4v) is 2.22. The molecule has 2 nitrogen and oxygen atoms in total. The largest absolute Gasteiger partial charge is 0.497 e. The lowest BCUT2D eigenvalue weighted by Gasteiger charge is -2.31. The van der Waals surface area contributed by atoms with Crippen LogP contribution < -0.4 is 10.5 Å². The van der Waals surface area contributed by atoms with Crippen LogP contribution in [0.25, 0.3) is 0 Å². The van der Waals surface area contributed by atoms with Crippen molar-refractivity contribution in [1.29, 1.82) is 0 Å². The van der Waals surface area contributed by atoms with Crippen molar-refractivity contribution in [3.05, 3.63) is 29.3 Å². The molecule has 15 heavy (non-hydrogen) atoms. The molecule has 1 unspecified atom stereocenters. The van der Waals surface area contributed by atoms with Crippen LogP contribution in [-0.2, 0) is 12.1 Å². The SMILES string of the molecule is COc1ccc2c(c1)C(F)(CN)CCC2. The fourth-order valence-electron chi connectivity index (χ4n) is 2.22. The second-order valence-corrected chi connectivity index (χ2v) is 4.05. The molecule has 1 atom stereocenters. The normalized spacial score (nSPS) is 24.7. The van der Waals surface area contributed by atoms with Gasteiger partial charge in [-0.2, -0.15) is 0 Å². The molecule has 0 heterocycles. The molecular weight excluding hydrogens is 193 g/mol. The molecule has 1 aromatic rings. The van der Waals surface area contributed by atoms with Crippen LogP contribution in [0.3, 0.4) is 0 Å². The Morgan fingerprint density at radius 1 is 1.53 bits per heavy atom. The van der Waals surface area contributed by atoms with Gasteiger partial charge in [0.2, 0.25) is 0 Å². The number of rotatable bonds is 2. The van der Waals surface area contributed by atoms with Gasteiger partial charge in [-0.1, -0.05) is 6.07 Å². The Kier molecular flexibility index (Phi) is 2.65. The number of benzene rings is 1. The van der Waals surface area contributed by atoms with Crippen molar-refractivity contribution in [2.45, 2.75) is 24.9 Å². The molecule has 1 aromatic carbocycles. The Bertz CT molecular complexity index is 367. The molecule has 82 valence electrons. The maximum Gasteiger partial charge on any atom is 0.148 e. The molecule has 0 bridgehead atoms. The smallest absolute Gasteiger partial charge is 0.148 e. The number of nitrogens with two attached hydrogens (primary N) is 1. The number of ether oxygens (including phenoxy) is 1. The van der Waals surface area contributed by atoms with E-state index in [9.17, 15) is 4.39 Å². The van der Waals surface area contributed by atoms with E-state index in [-0.39, 0.29) is 6.54 Å². The van der Waals surface area contributed by atoms with Gasteiger partial charge in [-0.25, -0.2) is 4.39 Å². The number of aryl methyl sites for hydroxylation is 1. The summed E-state index contributed by atoms with van der Waals surface area (Å²) in [6, 6.07) is 5.60. The van der Waals surface area contributed by atoms with Gasteiger partial charge in [-0.15, -0.1) is 0 Å². The Morgan fingerprint density at radius 2 is 2.33 bits per heavy atom. The topological polar surface area (TPSA) is 35.2 Å². The predicted octanol–water partition coefficient (Wildman–Crippen LogP) is 2.16. The van der Waals surface area contributed by atoms with Crippen LogP contribution in [0.4, 0.5) is 4.39 Å². The number of alkyl halides is 1. The van der Waals surface area contributed by atoms with Crippen molar-refractivity contribution in [1.82, 2.24) is 0 Å². The maximum atomic E-state index is 14.4. The average Bonchev–Trinajstić information content (AvgIpc) is 2.29. The van der Waals surface area contributed by atoms with E-state index < -0.39 is 5.67 Å². The predicted molar refractivity (Wildman–Crippen MR) is 57.8 cm³/mol. The minimum absolute atomic E-state index is 0.0488. The monoisotopic (exact) mass is 209 g/mol. The second-order valence-electron chi connectivity index (χ2n) is 4.05. The molecule has 0 saturated heterocycles. The second kappa shape index (κ2) is 3.81.